The van der Waals surface area contributed by atoms with Gasteiger partial charge in [0.15, 0.2) is 0 Å². The fourth-order valence-corrected chi connectivity index (χ4v) is 3.28. The van der Waals surface area contributed by atoms with Gasteiger partial charge in [0.05, 0.1) is 0 Å². The smallest absolute Gasteiger partial charge is 0.246 e. The number of nitrogens with zero attached hydrogens (tertiary/aromatic N) is 1. The highest BCUT2D eigenvalue weighted by Gasteiger charge is 2.25. The number of rotatable bonds is 6. The van der Waals surface area contributed by atoms with E-state index in [9.17, 15) is 9.18 Å². The van der Waals surface area contributed by atoms with E-state index in [1.807, 2.05) is 74.3 Å². The first-order valence-corrected chi connectivity index (χ1v) is 9.32. The highest BCUT2D eigenvalue weighted by molar-refractivity contribution is 5.96. The molecule has 0 aliphatic rings. The number of aryl methyl sites for hydroxylation is 2. The average Bonchev–Trinajstić information content (AvgIpc) is 2.67. The van der Waals surface area contributed by atoms with Crippen LogP contribution in [0, 0.1) is 19.7 Å². The second-order valence-corrected chi connectivity index (χ2v) is 7.16. The number of amides is 1. The van der Waals surface area contributed by atoms with Crippen LogP contribution in [0.15, 0.2) is 72.8 Å². The van der Waals surface area contributed by atoms with Crippen LogP contribution in [-0.2, 0) is 11.3 Å². The Balaban J connectivity index is 1.87. The summed E-state index contributed by atoms with van der Waals surface area (Å²) >= 11 is 0. The molecule has 1 N–H and O–H groups in total. The first-order valence-electron chi connectivity index (χ1n) is 9.32. The summed E-state index contributed by atoms with van der Waals surface area (Å²) in [4.78, 5) is 15.2. The van der Waals surface area contributed by atoms with E-state index in [2.05, 4.69) is 5.32 Å². The van der Waals surface area contributed by atoms with Gasteiger partial charge < -0.3 is 5.32 Å². The molecule has 0 heterocycles. The molecule has 3 aromatic rings. The predicted molar refractivity (Wildman–Crippen MR) is 112 cm³/mol. The first-order chi connectivity index (χ1) is 13.4. The van der Waals surface area contributed by atoms with Gasteiger partial charge in [0.1, 0.15) is 11.9 Å². The number of halogens is 1. The molecule has 0 fully saturated rings. The molecular formula is C24H25FN2O. The summed E-state index contributed by atoms with van der Waals surface area (Å²) in [5.41, 5.74) is 4.80. The standard InChI is InChI=1S/C24H25FN2O/c1-17-9-10-18(2)22(15-17)26-24(28)23(20-7-5-4-6-8-20)27(3)16-19-11-13-21(25)14-12-19/h4-15,23H,16H2,1-3H3,(H,26,28). The van der Waals surface area contributed by atoms with Gasteiger partial charge >= 0.3 is 0 Å². The van der Waals surface area contributed by atoms with Crippen LogP contribution in [0.1, 0.15) is 28.3 Å². The monoisotopic (exact) mass is 376 g/mol. The van der Waals surface area contributed by atoms with Crippen molar-refractivity contribution < 1.29 is 9.18 Å². The number of nitrogens with one attached hydrogen (secondary N) is 1. The summed E-state index contributed by atoms with van der Waals surface area (Å²) in [6.07, 6.45) is 0. The van der Waals surface area contributed by atoms with Gasteiger partial charge in [-0.3, -0.25) is 9.69 Å². The second-order valence-electron chi connectivity index (χ2n) is 7.16. The van der Waals surface area contributed by atoms with E-state index in [0.717, 1.165) is 27.9 Å². The Labute approximate surface area is 165 Å². The molecule has 144 valence electrons. The lowest BCUT2D eigenvalue weighted by Gasteiger charge is -2.28. The van der Waals surface area contributed by atoms with Gasteiger partial charge in [-0.2, -0.15) is 0 Å². The van der Waals surface area contributed by atoms with Crippen molar-refractivity contribution in [3.63, 3.8) is 0 Å². The van der Waals surface area contributed by atoms with E-state index in [0.29, 0.717) is 6.54 Å². The van der Waals surface area contributed by atoms with Crippen molar-refractivity contribution in [2.75, 3.05) is 12.4 Å². The fraction of sp³-hybridized carbons (Fsp3) is 0.208. The third kappa shape index (κ3) is 4.84. The molecule has 3 aromatic carbocycles. The number of carbonyl (C=O) groups is 1. The summed E-state index contributed by atoms with van der Waals surface area (Å²) in [6.45, 7) is 4.51. The number of anilines is 1. The molecule has 0 saturated heterocycles. The van der Waals surface area contributed by atoms with Gasteiger partial charge in [0, 0.05) is 12.2 Å². The van der Waals surface area contributed by atoms with Crippen molar-refractivity contribution in [3.05, 3.63) is 101 Å². The van der Waals surface area contributed by atoms with Crippen LogP contribution in [0.25, 0.3) is 0 Å². The second kappa shape index (κ2) is 8.81. The van der Waals surface area contributed by atoms with E-state index in [4.69, 9.17) is 0 Å². The Morgan fingerprint density at radius 3 is 2.36 bits per heavy atom. The van der Waals surface area contributed by atoms with Crippen LogP contribution in [-0.4, -0.2) is 17.9 Å². The zero-order valence-electron chi connectivity index (χ0n) is 16.4. The lowest BCUT2D eigenvalue weighted by molar-refractivity contribution is -0.121. The van der Waals surface area contributed by atoms with E-state index < -0.39 is 6.04 Å². The normalized spacial score (nSPS) is 12.0. The number of benzene rings is 3. The molecule has 0 aromatic heterocycles. The number of hydrogen-bond acceptors (Lipinski definition) is 2. The Bertz CT molecular complexity index is 939. The molecule has 28 heavy (non-hydrogen) atoms. The summed E-state index contributed by atoms with van der Waals surface area (Å²) in [7, 11) is 1.91. The molecule has 4 heteroatoms. The van der Waals surface area contributed by atoms with E-state index in [1.165, 1.54) is 12.1 Å². The quantitative estimate of drug-likeness (QED) is 0.637. The van der Waals surface area contributed by atoms with Crippen molar-refractivity contribution in [1.82, 2.24) is 4.90 Å². The van der Waals surface area contributed by atoms with E-state index in [1.54, 1.807) is 12.1 Å². The summed E-state index contributed by atoms with van der Waals surface area (Å²) in [5, 5.41) is 3.08. The number of likely N-dealkylation sites (N-methyl/N-ethyl adjacent to an activating group) is 1. The molecule has 1 unspecified atom stereocenters. The van der Waals surface area contributed by atoms with Crippen LogP contribution < -0.4 is 5.32 Å². The summed E-state index contributed by atoms with van der Waals surface area (Å²) in [5.74, 6) is -0.358. The minimum Gasteiger partial charge on any atom is -0.324 e. The Kier molecular flexibility index (Phi) is 6.22. The molecule has 1 atom stereocenters. The average molecular weight is 376 g/mol. The van der Waals surface area contributed by atoms with Crippen LogP contribution in [0.5, 0.6) is 0 Å². The maximum Gasteiger partial charge on any atom is 0.246 e. The maximum atomic E-state index is 13.2. The van der Waals surface area contributed by atoms with E-state index >= 15 is 0 Å². The molecule has 0 spiro atoms. The lowest BCUT2D eigenvalue weighted by atomic mass is 10.0. The minimum atomic E-state index is -0.467. The minimum absolute atomic E-state index is 0.0930. The summed E-state index contributed by atoms with van der Waals surface area (Å²) < 4.78 is 13.2. The van der Waals surface area contributed by atoms with Crippen molar-refractivity contribution in [1.29, 1.82) is 0 Å². The topological polar surface area (TPSA) is 32.3 Å². The molecule has 0 saturated carbocycles. The van der Waals surface area contributed by atoms with Crippen LogP contribution in [0.2, 0.25) is 0 Å². The van der Waals surface area contributed by atoms with Gasteiger partial charge in [0.25, 0.3) is 0 Å². The van der Waals surface area contributed by atoms with Crippen molar-refractivity contribution >= 4 is 11.6 Å². The van der Waals surface area contributed by atoms with Gasteiger partial charge in [-0.05, 0) is 61.3 Å². The largest absolute Gasteiger partial charge is 0.324 e. The molecule has 0 aliphatic heterocycles. The molecule has 0 bridgehead atoms. The molecular weight excluding hydrogens is 351 g/mol. The zero-order valence-corrected chi connectivity index (χ0v) is 16.4. The first kappa shape index (κ1) is 19.8. The van der Waals surface area contributed by atoms with Gasteiger partial charge in [-0.1, -0.05) is 54.6 Å². The van der Waals surface area contributed by atoms with E-state index in [-0.39, 0.29) is 11.7 Å². The zero-order chi connectivity index (χ0) is 20.1. The number of carbonyl (C=O) groups excluding carboxylic acids is 1. The Morgan fingerprint density at radius 2 is 1.68 bits per heavy atom. The maximum absolute atomic E-state index is 13.2. The summed E-state index contributed by atoms with van der Waals surface area (Å²) in [6, 6.07) is 21.6. The highest BCUT2D eigenvalue weighted by Crippen LogP contribution is 2.25. The Morgan fingerprint density at radius 1 is 1.00 bits per heavy atom. The third-order valence-electron chi connectivity index (χ3n) is 4.80. The molecule has 3 rings (SSSR count). The highest BCUT2D eigenvalue weighted by atomic mass is 19.1. The fourth-order valence-electron chi connectivity index (χ4n) is 3.28. The third-order valence-corrected chi connectivity index (χ3v) is 4.80. The predicted octanol–water partition coefficient (Wildman–Crippen LogP) is 5.25. The van der Waals surface area contributed by atoms with Crippen LogP contribution >= 0.6 is 0 Å². The number of hydrogen-bond donors (Lipinski definition) is 1. The van der Waals surface area contributed by atoms with Crippen molar-refractivity contribution in [2.45, 2.75) is 26.4 Å². The lowest BCUT2D eigenvalue weighted by Crippen LogP contribution is -2.34. The van der Waals surface area contributed by atoms with Gasteiger partial charge in [0.2, 0.25) is 5.91 Å². The Hall–Kier alpha value is -2.98. The molecule has 1 amide bonds. The molecule has 0 radical (unpaired) electrons. The van der Waals surface area contributed by atoms with Crippen molar-refractivity contribution in [2.24, 2.45) is 0 Å². The van der Waals surface area contributed by atoms with Crippen LogP contribution in [0.3, 0.4) is 0 Å². The van der Waals surface area contributed by atoms with Crippen molar-refractivity contribution in [3.8, 4) is 0 Å². The molecule has 0 aliphatic carbocycles. The van der Waals surface area contributed by atoms with Crippen LogP contribution in [0.4, 0.5) is 10.1 Å². The molecule has 3 nitrogen and oxygen atoms in total. The SMILES string of the molecule is Cc1ccc(C)c(NC(=O)C(c2ccccc2)N(C)Cc2ccc(F)cc2)c1. The van der Waals surface area contributed by atoms with Gasteiger partial charge in [-0.15, -0.1) is 0 Å². The van der Waals surface area contributed by atoms with Gasteiger partial charge in [-0.25, -0.2) is 4.39 Å².